The van der Waals surface area contributed by atoms with E-state index in [0.717, 1.165) is 18.5 Å². The minimum atomic E-state index is 0. The van der Waals surface area contributed by atoms with Gasteiger partial charge in [-0.3, -0.25) is 4.99 Å². The second kappa shape index (κ2) is 14.2. The van der Waals surface area contributed by atoms with Gasteiger partial charge < -0.3 is 20.9 Å². The molecule has 0 radical (unpaired) electrons. The number of unbranched alkanes of at least 4 members (excludes halogenated alkanes) is 5. The van der Waals surface area contributed by atoms with Crippen LogP contribution in [-0.2, 0) is 6.42 Å². The van der Waals surface area contributed by atoms with E-state index in [2.05, 4.69) is 17.2 Å². The number of nitrogens with two attached hydrogens (primary N) is 1. The third-order valence-corrected chi connectivity index (χ3v) is 3.80. The minimum Gasteiger partial charge on any atom is -0.504 e. The van der Waals surface area contributed by atoms with E-state index in [1.54, 1.807) is 13.2 Å². The number of aromatic hydroxyl groups is 1. The average molecular weight is 449 g/mol. The van der Waals surface area contributed by atoms with Crippen LogP contribution in [0.4, 0.5) is 0 Å². The Morgan fingerprint density at radius 2 is 1.92 bits per heavy atom. The molecule has 24 heavy (non-hydrogen) atoms. The van der Waals surface area contributed by atoms with Gasteiger partial charge in [-0.15, -0.1) is 24.0 Å². The first-order chi connectivity index (χ1) is 11.2. The number of phenolic OH excluding ortho intramolecular Hbond substituents is 1. The van der Waals surface area contributed by atoms with Gasteiger partial charge in [-0.1, -0.05) is 51.2 Å². The van der Waals surface area contributed by atoms with Crippen LogP contribution in [0, 0.1) is 0 Å². The zero-order chi connectivity index (χ0) is 16.9. The lowest BCUT2D eigenvalue weighted by Gasteiger charge is -2.09. The SMILES string of the molecule is CCCCCCCCN=C(N)NCCc1cccc(OC)c1O.I. The molecule has 0 atom stereocenters. The number of phenols is 1. The highest BCUT2D eigenvalue weighted by Gasteiger charge is 2.06. The Kier molecular flexibility index (Phi) is 13.5. The summed E-state index contributed by atoms with van der Waals surface area (Å²) >= 11 is 0. The molecule has 0 bridgehead atoms. The topological polar surface area (TPSA) is 79.9 Å². The Labute approximate surface area is 163 Å². The summed E-state index contributed by atoms with van der Waals surface area (Å²) in [5.41, 5.74) is 6.68. The fourth-order valence-electron chi connectivity index (χ4n) is 2.41. The Bertz CT molecular complexity index is 481. The van der Waals surface area contributed by atoms with Crippen molar-refractivity contribution in [3.05, 3.63) is 23.8 Å². The van der Waals surface area contributed by atoms with Gasteiger partial charge >= 0.3 is 0 Å². The molecule has 138 valence electrons. The zero-order valence-electron chi connectivity index (χ0n) is 14.9. The molecule has 0 aromatic heterocycles. The number of guanidine groups is 1. The van der Waals surface area contributed by atoms with E-state index in [4.69, 9.17) is 10.5 Å². The summed E-state index contributed by atoms with van der Waals surface area (Å²) in [5.74, 6) is 1.16. The van der Waals surface area contributed by atoms with Crippen LogP contribution in [0.1, 0.15) is 51.0 Å². The normalized spacial score (nSPS) is 11.0. The van der Waals surface area contributed by atoms with E-state index >= 15 is 0 Å². The van der Waals surface area contributed by atoms with Crippen molar-refractivity contribution in [2.45, 2.75) is 51.9 Å². The Balaban J connectivity index is 0.00000529. The molecular formula is C18H32IN3O2. The van der Waals surface area contributed by atoms with Gasteiger partial charge in [0, 0.05) is 13.1 Å². The van der Waals surface area contributed by atoms with Gasteiger partial charge in [0.05, 0.1) is 7.11 Å². The highest BCUT2D eigenvalue weighted by atomic mass is 127. The van der Waals surface area contributed by atoms with E-state index in [-0.39, 0.29) is 29.7 Å². The van der Waals surface area contributed by atoms with Gasteiger partial charge in [0.2, 0.25) is 0 Å². The lowest BCUT2D eigenvalue weighted by atomic mass is 10.1. The molecule has 0 spiro atoms. The third kappa shape index (κ3) is 9.20. The van der Waals surface area contributed by atoms with Gasteiger partial charge in [-0.2, -0.15) is 0 Å². The van der Waals surface area contributed by atoms with E-state index in [0.29, 0.717) is 24.7 Å². The number of ether oxygens (including phenoxy) is 1. The molecule has 1 aromatic carbocycles. The lowest BCUT2D eigenvalue weighted by molar-refractivity contribution is 0.370. The number of para-hydroxylation sites is 1. The monoisotopic (exact) mass is 449 g/mol. The van der Waals surface area contributed by atoms with Crippen LogP contribution in [0.25, 0.3) is 0 Å². The molecule has 0 aliphatic heterocycles. The van der Waals surface area contributed by atoms with Crippen molar-refractivity contribution in [3.63, 3.8) is 0 Å². The van der Waals surface area contributed by atoms with Crippen molar-refractivity contribution < 1.29 is 9.84 Å². The second-order valence-corrected chi connectivity index (χ2v) is 5.68. The quantitative estimate of drug-likeness (QED) is 0.208. The van der Waals surface area contributed by atoms with Crippen LogP contribution >= 0.6 is 24.0 Å². The van der Waals surface area contributed by atoms with E-state index in [1.165, 1.54) is 32.1 Å². The number of benzene rings is 1. The summed E-state index contributed by atoms with van der Waals surface area (Å²) < 4.78 is 5.09. The fourth-order valence-corrected chi connectivity index (χ4v) is 2.41. The molecule has 6 heteroatoms. The third-order valence-electron chi connectivity index (χ3n) is 3.80. The smallest absolute Gasteiger partial charge is 0.188 e. The standard InChI is InChI=1S/C18H31N3O2.HI/c1-3-4-5-6-7-8-13-20-18(19)21-14-12-15-10-9-11-16(23-2)17(15)22;/h9-11,22H,3-8,12-14H2,1-2H3,(H3,19,20,21);1H. The summed E-state index contributed by atoms with van der Waals surface area (Å²) in [7, 11) is 1.55. The first-order valence-corrected chi connectivity index (χ1v) is 8.57. The molecule has 0 heterocycles. The molecule has 4 N–H and O–H groups in total. The number of hydrogen-bond acceptors (Lipinski definition) is 3. The van der Waals surface area contributed by atoms with Crippen molar-refractivity contribution in [2.24, 2.45) is 10.7 Å². The Hall–Kier alpha value is -1.18. The number of aliphatic imine (C=N–C) groups is 1. The predicted molar refractivity (Wildman–Crippen MR) is 112 cm³/mol. The van der Waals surface area contributed by atoms with Crippen LogP contribution in [0.3, 0.4) is 0 Å². The molecule has 0 aliphatic carbocycles. The van der Waals surface area contributed by atoms with E-state index in [1.807, 2.05) is 12.1 Å². The van der Waals surface area contributed by atoms with Gasteiger partial charge in [0.15, 0.2) is 17.5 Å². The maximum absolute atomic E-state index is 10.0. The van der Waals surface area contributed by atoms with Crippen LogP contribution in [0.2, 0.25) is 0 Å². The van der Waals surface area contributed by atoms with E-state index < -0.39 is 0 Å². The van der Waals surface area contributed by atoms with Crippen LogP contribution in [0.15, 0.2) is 23.2 Å². The highest BCUT2D eigenvalue weighted by Crippen LogP contribution is 2.29. The van der Waals surface area contributed by atoms with Crippen molar-refractivity contribution >= 4 is 29.9 Å². The van der Waals surface area contributed by atoms with Crippen LogP contribution < -0.4 is 15.8 Å². The first kappa shape index (κ1) is 22.8. The summed E-state index contributed by atoms with van der Waals surface area (Å²) in [4.78, 5) is 4.33. The molecule has 0 aliphatic rings. The predicted octanol–water partition coefficient (Wildman–Crippen LogP) is 3.83. The molecule has 1 aromatic rings. The Morgan fingerprint density at radius 1 is 1.21 bits per heavy atom. The first-order valence-electron chi connectivity index (χ1n) is 8.57. The molecule has 1 rings (SSSR count). The van der Waals surface area contributed by atoms with Crippen LogP contribution in [-0.4, -0.2) is 31.3 Å². The molecule has 0 fully saturated rings. The zero-order valence-corrected chi connectivity index (χ0v) is 17.2. The van der Waals surface area contributed by atoms with E-state index in [9.17, 15) is 5.11 Å². The summed E-state index contributed by atoms with van der Waals surface area (Å²) in [5, 5.41) is 13.1. The number of nitrogens with zero attached hydrogens (tertiary/aromatic N) is 1. The maximum atomic E-state index is 10.0. The minimum absolute atomic E-state index is 0. The highest BCUT2D eigenvalue weighted by molar-refractivity contribution is 14.0. The number of halogens is 1. The van der Waals surface area contributed by atoms with Crippen LogP contribution in [0.5, 0.6) is 11.5 Å². The lowest BCUT2D eigenvalue weighted by Crippen LogP contribution is -2.33. The average Bonchev–Trinajstić information content (AvgIpc) is 2.55. The van der Waals surface area contributed by atoms with Gasteiger partial charge in [0.25, 0.3) is 0 Å². The number of methoxy groups -OCH3 is 1. The number of hydrogen-bond donors (Lipinski definition) is 3. The molecule has 5 nitrogen and oxygen atoms in total. The van der Waals surface area contributed by atoms with Gasteiger partial charge in [0.1, 0.15) is 0 Å². The summed E-state index contributed by atoms with van der Waals surface area (Å²) in [6, 6.07) is 5.48. The van der Waals surface area contributed by atoms with Crippen molar-refractivity contribution in [1.82, 2.24) is 5.32 Å². The van der Waals surface area contributed by atoms with Crippen molar-refractivity contribution in [2.75, 3.05) is 20.2 Å². The summed E-state index contributed by atoms with van der Waals surface area (Å²) in [6.45, 7) is 3.63. The second-order valence-electron chi connectivity index (χ2n) is 5.68. The molecular weight excluding hydrogens is 417 g/mol. The van der Waals surface area contributed by atoms with Crippen molar-refractivity contribution in [3.8, 4) is 11.5 Å². The molecule has 0 saturated heterocycles. The Morgan fingerprint density at radius 3 is 2.62 bits per heavy atom. The number of rotatable bonds is 11. The van der Waals surface area contributed by atoms with Gasteiger partial charge in [-0.25, -0.2) is 0 Å². The molecule has 0 unspecified atom stereocenters. The summed E-state index contributed by atoms with van der Waals surface area (Å²) in [6.07, 6.45) is 8.17. The van der Waals surface area contributed by atoms with Gasteiger partial charge in [-0.05, 0) is 24.5 Å². The molecule has 0 amide bonds. The number of nitrogens with one attached hydrogen (secondary N) is 1. The largest absolute Gasteiger partial charge is 0.504 e. The maximum Gasteiger partial charge on any atom is 0.188 e. The molecule has 0 saturated carbocycles. The van der Waals surface area contributed by atoms with Crippen molar-refractivity contribution in [1.29, 1.82) is 0 Å². The fraction of sp³-hybridized carbons (Fsp3) is 0.611.